The van der Waals surface area contributed by atoms with Gasteiger partial charge in [0, 0.05) is 12.6 Å². The minimum absolute atomic E-state index is 0.0797. The number of aryl methyl sites for hydroxylation is 2. The van der Waals surface area contributed by atoms with Gasteiger partial charge in [-0.3, -0.25) is 13.9 Å². The Morgan fingerprint density at radius 2 is 1.60 bits per heavy atom. The van der Waals surface area contributed by atoms with E-state index < -0.39 is 28.5 Å². The van der Waals surface area contributed by atoms with Gasteiger partial charge in [-0.05, 0) is 82.0 Å². The second-order valence-electron chi connectivity index (χ2n) is 11.2. The molecule has 0 spiro atoms. The van der Waals surface area contributed by atoms with Gasteiger partial charge in [-0.25, -0.2) is 8.42 Å². The molecular weight excluding hydrogens is 562 g/mol. The number of amides is 2. The highest BCUT2D eigenvalue weighted by molar-refractivity contribution is 7.92. The second-order valence-corrected chi connectivity index (χ2v) is 13.0. The number of nitrogens with one attached hydrogen (secondary N) is 1. The third kappa shape index (κ3) is 8.16. The summed E-state index contributed by atoms with van der Waals surface area (Å²) >= 11 is 0. The van der Waals surface area contributed by atoms with Crippen molar-refractivity contribution in [2.45, 2.75) is 83.3 Å². The molecule has 0 bridgehead atoms. The van der Waals surface area contributed by atoms with Crippen molar-refractivity contribution < 1.29 is 22.7 Å². The summed E-state index contributed by atoms with van der Waals surface area (Å²) in [5.74, 6) is -0.0649. The number of sulfonamides is 1. The fourth-order valence-corrected chi connectivity index (χ4v) is 6.95. The molecule has 0 radical (unpaired) electrons. The first-order chi connectivity index (χ1) is 20.6. The molecule has 9 heteroatoms. The Balaban J connectivity index is 1.71. The first kappa shape index (κ1) is 32.1. The molecule has 230 valence electrons. The minimum Gasteiger partial charge on any atom is -0.494 e. The lowest BCUT2D eigenvalue weighted by molar-refractivity contribution is -0.140. The standard InChI is InChI=1S/C34H43N3O5S/c1-5-32(34(39)35-28-12-7-8-13-28)36(23-27-11-9-10-26(4)22-27)33(38)24-37(29-16-18-30(19-17-29)42-6-2)43(40,41)31-20-14-25(3)15-21-31/h9-11,14-22,28,32H,5-8,12-13,23-24H2,1-4H3,(H,35,39)/t32-/m0/s1. The van der Waals surface area contributed by atoms with E-state index in [2.05, 4.69) is 5.32 Å². The topological polar surface area (TPSA) is 96.0 Å². The van der Waals surface area contributed by atoms with Crippen LogP contribution in [-0.4, -0.2) is 50.4 Å². The summed E-state index contributed by atoms with van der Waals surface area (Å²) in [5.41, 5.74) is 3.16. The van der Waals surface area contributed by atoms with Gasteiger partial charge >= 0.3 is 0 Å². The van der Waals surface area contributed by atoms with Crippen molar-refractivity contribution in [3.05, 3.63) is 89.5 Å². The smallest absolute Gasteiger partial charge is 0.264 e. The van der Waals surface area contributed by atoms with Crippen LogP contribution in [0.4, 0.5) is 5.69 Å². The van der Waals surface area contributed by atoms with Crippen LogP contribution in [0.15, 0.2) is 77.7 Å². The zero-order valence-corrected chi connectivity index (χ0v) is 26.4. The minimum atomic E-state index is -4.13. The first-order valence-electron chi connectivity index (χ1n) is 15.1. The average molecular weight is 606 g/mol. The zero-order valence-electron chi connectivity index (χ0n) is 25.6. The van der Waals surface area contributed by atoms with Crippen LogP contribution in [0.3, 0.4) is 0 Å². The Kier molecular flexibility index (Phi) is 10.9. The SMILES string of the molecule is CCOc1ccc(N(CC(=O)N(Cc2cccc(C)c2)[C@@H](CC)C(=O)NC2CCCC2)S(=O)(=O)c2ccc(C)cc2)cc1. The van der Waals surface area contributed by atoms with Crippen LogP contribution in [0.1, 0.15) is 62.6 Å². The summed E-state index contributed by atoms with van der Waals surface area (Å²) in [7, 11) is -4.13. The number of hydrogen-bond acceptors (Lipinski definition) is 5. The summed E-state index contributed by atoms with van der Waals surface area (Å²) < 4.78 is 34.8. The maximum Gasteiger partial charge on any atom is 0.264 e. The van der Waals surface area contributed by atoms with Crippen LogP contribution in [0.25, 0.3) is 0 Å². The van der Waals surface area contributed by atoms with Gasteiger partial charge in [-0.2, -0.15) is 0 Å². The van der Waals surface area contributed by atoms with Crippen molar-refractivity contribution in [3.8, 4) is 5.75 Å². The summed E-state index contributed by atoms with van der Waals surface area (Å²) in [6.07, 6.45) is 4.38. The second kappa shape index (κ2) is 14.6. The predicted molar refractivity (Wildman–Crippen MR) is 170 cm³/mol. The lowest BCUT2D eigenvalue weighted by Gasteiger charge is -2.34. The molecule has 0 heterocycles. The molecule has 1 N–H and O–H groups in total. The molecule has 8 nitrogen and oxygen atoms in total. The van der Waals surface area contributed by atoms with Crippen LogP contribution in [0.2, 0.25) is 0 Å². The lowest BCUT2D eigenvalue weighted by atomic mass is 10.1. The van der Waals surface area contributed by atoms with Crippen molar-refractivity contribution >= 4 is 27.5 Å². The van der Waals surface area contributed by atoms with Crippen molar-refractivity contribution in [1.82, 2.24) is 10.2 Å². The molecule has 3 aromatic carbocycles. The molecule has 1 atom stereocenters. The molecule has 4 rings (SSSR count). The quantitative estimate of drug-likeness (QED) is 0.267. The summed E-state index contributed by atoms with van der Waals surface area (Å²) in [6.45, 7) is 7.79. The van der Waals surface area contributed by atoms with Crippen LogP contribution >= 0.6 is 0 Å². The van der Waals surface area contributed by atoms with E-state index in [1.165, 1.54) is 4.90 Å². The Morgan fingerprint density at radius 3 is 2.21 bits per heavy atom. The molecule has 0 aromatic heterocycles. The third-order valence-corrected chi connectivity index (χ3v) is 9.63. The van der Waals surface area contributed by atoms with Gasteiger partial charge in [0.2, 0.25) is 11.8 Å². The van der Waals surface area contributed by atoms with E-state index in [1.807, 2.05) is 52.0 Å². The van der Waals surface area contributed by atoms with Gasteiger partial charge in [0.1, 0.15) is 18.3 Å². The molecule has 0 unspecified atom stereocenters. The molecule has 1 aliphatic rings. The number of nitrogens with zero attached hydrogens (tertiary/aromatic N) is 2. The van der Waals surface area contributed by atoms with Gasteiger partial charge in [0.15, 0.2) is 0 Å². The van der Waals surface area contributed by atoms with Gasteiger partial charge in [0.25, 0.3) is 10.0 Å². The monoisotopic (exact) mass is 605 g/mol. The highest BCUT2D eigenvalue weighted by Crippen LogP contribution is 2.27. The Labute approximate surface area is 256 Å². The van der Waals surface area contributed by atoms with E-state index in [-0.39, 0.29) is 23.4 Å². The molecule has 0 aliphatic heterocycles. The summed E-state index contributed by atoms with van der Waals surface area (Å²) in [5, 5.41) is 3.15. The van der Waals surface area contributed by atoms with E-state index in [4.69, 9.17) is 4.74 Å². The van der Waals surface area contributed by atoms with Crippen LogP contribution in [-0.2, 0) is 26.2 Å². The van der Waals surface area contributed by atoms with Gasteiger partial charge < -0.3 is 15.0 Å². The largest absolute Gasteiger partial charge is 0.494 e. The van der Waals surface area contributed by atoms with Gasteiger partial charge in [-0.15, -0.1) is 0 Å². The zero-order chi connectivity index (χ0) is 31.0. The molecule has 2 amide bonds. The number of hydrogen-bond donors (Lipinski definition) is 1. The van der Waals surface area contributed by atoms with E-state index in [9.17, 15) is 18.0 Å². The third-order valence-electron chi connectivity index (χ3n) is 7.85. The van der Waals surface area contributed by atoms with Crippen LogP contribution in [0, 0.1) is 13.8 Å². The molecule has 1 fully saturated rings. The molecule has 43 heavy (non-hydrogen) atoms. The highest BCUT2D eigenvalue weighted by atomic mass is 32.2. The molecule has 0 saturated heterocycles. The van der Waals surface area contributed by atoms with Crippen molar-refractivity contribution in [3.63, 3.8) is 0 Å². The maximum absolute atomic E-state index is 14.3. The highest BCUT2D eigenvalue weighted by Gasteiger charge is 2.34. The fraction of sp³-hybridized carbons (Fsp3) is 0.412. The Bertz CT molecular complexity index is 1480. The molecule has 1 aliphatic carbocycles. The number of carbonyl (C=O) groups is 2. The van der Waals surface area contributed by atoms with Gasteiger partial charge in [0.05, 0.1) is 17.2 Å². The summed E-state index contributed by atoms with van der Waals surface area (Å²) in [4.78, 5) is 29.5. The number of carbonyl (C=O) groups excluding carboxylic acids is 2. The molecular formula is C34H43N3O5S. The molecule has 1 saturated carbocycles. The lowest BCUT2D eigenvalue weighted by Crippen LogP contribution is -2.53. The van der Waals surface area contributed by atoms with Crippen molar-refractivity contribution in [2.24, 2.45) is 0 Å². The first-order valence-corrected chi connectivity index (χ1v) is 16.5. The van der Waals surface area contributed by atoms with E-state index in [1.54, 1.807) is 48.5 Å². The van der Waals surface area contributed by atoms with Gasteiger partial charge in [-0.1, -0.05) is 67.3 Å². The molecule has 3 aromatic rings. The van der Waals surface area contributed by atoms with Crippen molar-refractivity contribution in [1.29, 1.82) is 0 Å². The van der Waals surface area contributed by atoms with Crippen molar-refractivity contribution in [2.75, 3.05) is 17.5 Å². The predicted octanol–water partition coefficient (Wildman–Crippen LogP) is 5.76. The van der Waals surface area contributed by atoms with E-state index in [0.717, 1.165) is 46.7 Å². The normalized spacial score (nSPS) is 14.2. The van der Waals surface area contributed by atoms with E-state index >= 15 is 0 Å². The number of ether oxygens (including phenoxy) is 1. The Morgan fingerprint density at radius 1 is 0.930 bits per heavy atom. The van der Waals surface area contributed by atoms with E-state index in [0.29, 0.717) is 24.5 Å². The van der Waals surface area contributed by atoms with Crippen LogP contribution < -0.4 is 14.4 Å². The number of benzene rings is 3. The fourth-order valence-electron chi connectivity index (χ4n) is 5.54. The average Bonchev–Trinajstić information content (AvgIpc) is 3.49. The van der Waals surface area contributed by atoms with Crippen LogP contribution in [0.5, 0.6) is 5.75 Å². The number of anilines is 1. The maximum atomic E-state index is 14.3. The Hall–Kier alpha value is -3.85. The number of rotatable bonds is 13. The summed E-state index contributed by atoms with van der Waals surface area (Å²) in [6, 6.07) is 20.3.